The van der Waals surface area contributed by atoms with E-state index < -0.39 is 0 Å². The number of carbonyl (C=O) groups excluding carboxylic acids is 1. The minimum Gasteiger partial charge on any atom is -0.275 e. The zero-order valence-electron chi connectivity index (χ0n) is 9.99. The van der Waals surface area contributed by atoms with Gasteiger partial charge >= 0.3 is 0 Å². The van der Waals surface area contributed by atoms with Gasteiger partial charge in [-0.1, -0.05) is 11.6 Å². The summed E-state index contributed by atoms with van der Waals surface area (Å²) in [5.74, 6) is 0.198. The maximum atomic E-state index is 11.9. The van der Waals surface area contributed by atoms with Gasteiger partial charge in [0.2, 0.25) is 0 Å². The summed E-state index contributed by atoms with van der Waals surface area (Å²) in [7, 11) is 1.81. The molecule has 1 amide bonds. The average molecular weight is 277 g/mol. The van der Waals surface area contributed by atoms with Gasteiger partial charge in [0.1, 0.15) is 0 Å². The highest BCUT2D eigenvalue weighted by atomic mass is 35.5. The van der Waals surface area contributed by atoms with Crippen molar-refractivity contribution in [3.05, 3.63) is 35.2 Å². The van der Waals surface area contributed by atoms with E-state index in [2.05, 4.69) is 20.4 Å². The van der Waals surface area contributed by atoms with Crippen molar-refractivity contribution in [2.45, 2.75) is 6.42 Å². The third-order valence-corrected chi connectivity index (χ3v) is 2.85. The molecule has 0 spiro atoms. The Morgan fingerprint density at radius 1 is 1.32 bits per heavy atom. The van der Waals surface area contributed by atoms with E-state index in [4.69, 9.17) is 11.6 Å². The Labute approximate surface area is 113 Å². The molecule has 2 aromatic heterocycles. The van der Waals surface area contributed by atoms with E-state index in [0.29, 0.717) is 11.5 Å². The van der Waals surface area contributed by atoms with E-state index in [9.17, 15) is 4.79 Å². The summed E-state index contributed by atoms with van der Waals surface area (Å²) in [6.07, 6.45) is 3.70. The Morgan fingerprint density at radius 2 is 2.16 bits per heavy atom. The maximum Gasteiger partial charge on any atom is 0.255 e. The highest BCUT2D eigenvalue weighted by Gasteiger charge is 2.27. The summed E-state index contributed by atoms with van der Waals surface area (Å²) in [5, 5.41) is 17.3. The van der Waals surface area contributed by atoms with Crippen LogP contribution in [0.1, 0.15) is 12.0 Å². The third kappa shape index (κ3) is 2.19. The van der Waals surface area contributed by atoms with E-state index in [-0.39, 0.29) is 17.5 Å². The van der Waals surface area contributed by atoms with Crippen LogP contribution in [0.5, 0.6) is 0 Å². The number of aromatic nitrogens is 4. The summed E-state index contributed by atoms with van der Waals surface area (Å²) >= 11 is 5.66. The standard InChI is InChI=1S/C11H9ClN6O/c1-17-6-7(5-13-17)8-4-11(19)18(16-8)10-3-2-9(12)14-15-10/h2-3,5-6H,4H2,1H3. The Hall–Kier alpha value is -2.28. The lowest BCUT2D eigenvalue weighted by Gasteiger charge is -2.08. The molecular formula is C11H9ClN6O. The van der Waals surface area contributed by atoms with Crippen molar-refractivity contribution in [1.82, 2.24) is 20.0 Å². The first-order valence-corrected chi connectivity index (χ1v) is 5.90. The molecule has 7 nitrogen and oxygen atoms in total. The van der Waals surface area contributed by atoms with Gasteiger partial charge < -0.3 is 0 Å². The van der Waals surface area contributed by atoms with E-state index in [1.54, 1.807) is 23.0 Å². The van der Waals surface area contributed by atoms with E-state index in [1.165, 1.54) is 5.01 Å². The fourth-order valence-electron chi connectivity index (χ4n) is 1.76. The molecule has 0 aromatic carbocycles. The molecule has 3 rings (SSSR count). The molecule has 0 bridgehead atoms. The predicted molar refractivity (Wildman–Crippen MR) is 68.9 cm³/mol. The zero-order valence-corrected chi connectivity index (χ0v) is 10.7. The van der Waals surface area contributed by atoms with Crippen LogP contribution in [-0.4, -0.2) is 31.6 Å². The van der Waals surface area contributed by atoms with E-state index >= 15 is 0 Å². The average Bonchev–Trinajstić information content (AvgIpc) is 2.97. The highest BCUT2D eigenvalue weighted by molar-refractivity contribution is 6.29. The van der Waals surface area contributed by atoms with Gasteiger partial charge in [-0.05, 0) is 12.1 Å². The minimum atomic E-state index is -0.157. The molecule has 8 heteroatoms. The summed E-state index contributed by atoms with van der Waals surface area (Å²) in [5.41, 5.74) is 1.48. The molecule has 0 saturated heterocycles. The fraction of sp³-hybridized carbons (Fsp3) is 0.182. The lowest BCUT2D eigenvalue weighted by atomic mass is 10.2. The van der Waals surface area contributed by atoms with Crippen molar-refractivity contribution in [3.8, 4) is 0 Å². The third-order valence-electron chi connectivity index (χ3n) is 2.65. The number of hydrazone groups is 1. The Kier molecular flexibility index (Phi) is 2.75. The second-order valence-electron chi connectivity index (χ2n) is 4.05. The van der Waals surface area contributed by atoms with E-state index in [0.717, 1.165) is 5.56 Å². The van der Waals surface area contributed by atoms with Crippen LogP contribution in [-0.2, 0) is 11.8 Å². The van der Waals surface area contributed by atoms with Gasteiger partial charge in [-0.25, -0.2) is 0 Å². The number of aryl methyl sites for hydroxylation is 1. The number of nitrogens with zero attached hydrogens (tertiary/aromatic N) is 6. The smallest absolute Gasteiger partial charge is 0.255 e. The molecule has 0 aliphatic carbocycles. The van der Waals surface area contributed by atoms with Gasteiger partial charge in [0, 0.05) is 18.8 Å². The largest absolute Gasteiger partial charge is 0.275 e. The number of carbonyl (C=O) groups is 1. The molecule has 0 N–H and O–H groups in total. The minimum absolute atomic E-state index is 0.157. The number of rotatable bonds is 2. The molecule has 0 fully saturated rings. The SMILES string of the molecule is Cn1cc(C2=NN(c3ccc(Cl)nn3)C(=O)C2)cn1. The van der Waals surface area contributed by atoms with Crippen LogP contribution in [0.2, 0.25) is 5.15 Å². The summed E-state index contributed by atoms with van der Waals surface area (Å²) in [4.78, 5) is 11.9. The molecule has 0 atom stereocenters. The van der Waals surface area contributed by atoms with Crippen LogP contribution < -0.4 is 5.01 Å². The Bertz CT molecular complexity index is 662. The zero-order chi connectivity index (χ0) is 13.4. The first kappa shape index (κ1) is 11.8. The lowest BCUT2D eigenvalue weighted by molar-refractivity contribution is -0.116. The summed E-state index contributed by atoms with van der Waals surface area (Å²) in [6, 6.07) is 3.16. The molecule has 96 valence electrons. The number of anilines is 1. The second kappa shape index (κ2) is 4.43. The Balaban J connectivity index is 1.93. The molecule has 3 heterocycles. The molecule has 1 aliphatic heterocycles. The summed E-state index contributed by atoms with van der Waals surface area (Å²) in [6.45, 7) is 0. The van der Waals surface area contributed by atoms with Gasteiger partial charge in [-0.2, -0.15) is 15.2 Å². The van der Waals surface area contributed by atoms with Crippen molar-refractivity contribution in [3.63, 3.8) is 0 Å². The first-order chi connectivity index (χ1) is 9.13. The Morgan fingerprint density at radius 3 is 2.79 bits per heavy atom. The highest BCUT2D eigenvalue weighted by Crippen LogP contribution is 2.20. The molecule has 0 unspecified atom stereocenters. The fourth-order valence-corrected chi connectivity index (χ4v) is 1.86. The van der Waals surface area contributed by atoms with Crippen LogP contribution in [0.4, 0.5) is 5.82 Å². The summed E-state index contributed by atoms with van der Waals surface area (Å²) < 4.78 is 1.66. The van der Waals surface area contributed by atoms with Gasteiger partial charge in [0.15, 0.2) is 11.0 Å². The van der Waals surface area contributed by atoms with Crippen LogP contribution in [0.25, 0.3) is 0 Å². The second-order valence-corrected chi connectivity index (χ2v) is 4.43. The normalized spacial score (nSPS) is 14.9. The number of hydrogen-bond donors (Lipinski definition) is 0. The molecule has 2 aromatic rings. The van der Waals surface area contributed by atoms with Crippen molar-refractivity contribution < 1.29 is 4.79 Å². The van der Waals surface area contributed by atoms with Crippen LogP contribution >= 0.6 is 11.6 Å². The van der Waals surface area contributed by atoms with Crippen LogP contribution in [0.15, 0.2) is 29.6 Å². The molecule has 19 heavy (non-hydrogen) atoms. The molecule has 1 aliphatic rings. The number of halogens is 1. The van der Waals surface area contributed by atoms with Gasteiger partial charge in [0.25, 0.3) is 5.91 Å². The lowest BCUT2D eigenvalue weighted by Crippen LogP contribution is -2.20. The van der Waals surface area contributed by atoms with Crippen molar-refractivity contribution in [2.75, 3.05) is 5.01 Å². The molecule has 0 radical (unpaired) electrons. The van der Waals surface area contributed by atoms with Crippen molar-refractivity contribution in [1.29, 1.82) is 0 Å². The molecular weight excluding hydrogens is 268 g/mol. The monoisotopic (exact) mass is 276 g/mol. The van der Waals surface area contributed by atoms with Crippen molar-refractivity contribution in [2.24, 2.45) is 12.1 Å². The van der Waals surface area contributed by atoms with Gasteiger partial charge in [-0.3, -0.25) is 9.48 Å². The van der Waals surface area contributed by atoms with Crippen molar-refractivity contribution >= 4 is 29.0 Å². The van der Waals surface area contributed by atoms with E-state index in [1.807, 2.05) is 13.2 Å². The topological polar surface area (TPSA) is 76.3 Å². The quantitative estimate of drug-likeness (QED) is 0.820. The number of hydrogen-bond acceptors (Lipinski definition) is 5. The first-order valence-electron chi connectivity index (χ1n) is 5.52. The predicted octanol–water partition coefficient (Wildman–Crippen LogP) is 1.00. The van der Waals surface area contributed by atoms with Crippen LogP contribution in [0.3, 0.4) is 0 Å². The molecule has 0 saturated carbocycles. The van der Waals surface area contributed by atoms with Gasteiger partial charge in [0.05, 0.1) is 18.3 Å². The van der Waals surface area contributed by atoms with Gasteiger partial charge in [-0.15, -0.1) is 10.2 Å². The number of amides is 1. The maximum absolute atomic E-state index is 11.9. The van der Waals surface area contributed by atoms with Crippen LogP contribution in [0, 0.1) is 0 Å².